The largest absolute Gasteiger partial charge is 0.383 e. The second-order valence-corrected chi connectivity index (χ2v) is 5.48. The highest BCUT2D eigenvalue weighted by Crippen LogP contribution is 2.18. The van der Waals surface area contributed by atoms with E-state index in [0.717, 1.165) is 13.0 Å². The van der Waals surface area contributed by atoms with Crippen LogP contribution in [0.1, 0.15) is 25.8 Å². The molecule has 2 aromatic rings. The number of nitrogens with zero attached hydrogens (tertiary/aromatic N) is 4. The molecule has 2 amide bonds. The number of nitrogens with one attached hydrogen (secondary N) is 2. The number of aliphatic hydroxyl groups is 1. The van der Waals surface area contributed by atoms with E-state index >= 15 is 0 Å². The maximum Gasteiger partial charge on any atom is 0.319 e. The monoisotopic (exact) mass is 306 g/mol. The number of urea groups is 1. The molecule has 2 aromatic heterocycles. The molecular weight excluding hydrogens is 284 g/mol. The molecule has 22 heavy (non-hydrogen) atoms. The Morgan fingerprint density at radius 1 is 1.36 bits per heavy atom. The quantitative estimate of drug-likeness (QED) is 0.743. The summed E-state index contributed by atoms with van der Waals surface area (Å²) in [6, 6.07) is -0.389. The fourth-order valence-electron chi connectivity index (χ4n) is 2.01. The molecule has 0 spiro atoms. The molecule has 1 atom stereocenters. The molecule has 0 bridgehead atoms. The van der Waals surface area contributed by atoms with E-state index in [-0.39, 0.29) is 12.6 Å². The van der Waals surface area contributed by atoms with E-state index in [1.807, 2.05) is 0 Å². The van der Waals surface area contributed by atoms with Crippen LogP contribution in [0, 0.1) is 0 Å². The van der Waals surface area contributed by atoms with Gasteiger partial charge in [0.1, 0.15) is 5.60 Å². The highest BCUT2D eigenvalue weighted by molar-refractivity contribution is 5.88. The fourth-order valence-corrected chi connectivity index (χ4v) is 2.01. The lowest BCUT2D eigenvalue weighted by Crippen LogP contribution is -2.40. The van der Waals surface area contributed by atoms with Crippen molar-refractivity contribution in [1.29, 1.82) is 0 Å². The van der Waals surface area contributed by atoms with Gasteiger partial charge in [0.25, 0.3) is 0 Å². The van der Waals surface area contributed by atoms with Crippen LogP contribution < -0.4 is 10.6 Å². The molecule has 0 saturated heterocycles. The van der Waals surface area contributed by atoms with Gasteiger partial charge in [-0.25, -0.2) is 4.79 Å². The molecule has 8 heteroatoms. The van der Waals surface area contributed by atoms with Gasteiger partial charge >= 0.3 is 6.03 Å². The van der Waals surface area contributed by atoms with Crippen LogP contribution in [0.3, 0.4) is 0 Å². The van der Waals surface area contributed by atoms with Gasteiger partial charge in [-0.05, 0) is 13.3 Å². The number of anilines is 1. The summed E-state index contributed by atoms with van der Waals surface area (Å²) in [6.45, 7) is 4.57. The Morgan fingerprint density at radius 3 is 2.77 bits per heavy atom. The summed E-state index contributed by atoms with van der Waals surface area (Å²) >= 11 is 0. The van der Waals surface area contributed by atoms with Crippen molar-refractivity contribution in [2.45, 2.75) is 32.4 Å². The smallest absolute Gasteiger partial charge is 0.319 e. The van der Waals surface area contributed by atoms with Crippen LogP contribution in [0.4, 0.5) is 10.5 Å². The molecule has 0 aromatic carbocycles. The molecule has 2 heterocycles. The van der Waals surface area contributed by atoms with Crippen molar-refractivity contribution >= 4 is 11.7 Å². The molecule has 8 nitrogen and oxygen atoms in total. The molecule has 0 aliphatic rings. The zero-order chi connectivity index (χ0) is 16.2. The standard InChI is InChI=1S/C14H22N6O2/c1-4-5-20-9-12(7-17-20)18-13(21)15-10-14(2,22)11-6-16-19(3)8-11/h6-9,22H,4-5,10H2,1-3H3,(H2,15,18,21). The molecule has 1 unspecified atom stereocenters. The van der Waals surface area contributed by atoms with Crippen LogP contribution in [0.5, 0.6) is 0 Å². The van der Waals surface area contributed by atoms with Gasteiger partial charge in [-0.1, -0.05) is 6.92 Å². The molecule has 3 N–H and O–H groups in total. The normalized spacial score (nSPS) is 13.6. The summed E-state index contributed by atoms with van der Waals surface area (Å²) in [4.78, 5) is 11.9. The van der Waals surface area contributed by atoms with E-state index in [9.17, 15) is 9.90 Å². The molecule has 120 valence electrons. The van der Waals surface area contributed by atoms with E-state index < -0.39 is 5.60 Å². The first kappa shape index (κ1) is 16.0. The first-order valence-corrected chi connectivity index (χ1v) is 7.19. The second-order valence-electron chi connectivity index (χ2n) is 5.48. The number of amides is 2. The minimum absolute atomic E-state index is 0.0770. The van der Waals surface area contributed by atoms with Crippen LogP contribution in [0.25, 0.3) is 0 Å². The minimum Gasteiger partial charge on any atom is -0.383 e. The van der Waals surface area contributed by atoms with Gasteiger partial charge < -0.3 is 15.7 Å². The van der Waals surface area contributed by atoms with Crippen LogP contribution >= 0.6 is 0 Å². The SMILES string of the molecule is CCCn1cc(NC(=O)NCC(C)(O)c2cnn(C)c2)cn1. The van der Waals surface area contributed by atoms with Crippen molar-refractivity contribution in [1.82, 2.24) is 24.9 Å². The van der Waals surface area contributed by atoms with Gasteiger partial charge in [0.2, 0.25) is 0 Å². The highest BCUT2D eigenvalue weighted by Gasteiger charge is 2.25. The summed E-state index contributed by atoms with van der Waals surface area (Å²) in [5, 5.41) is 23.9. The van der Waals surface area contributed by atoms with Gasteiger partial charge in [0.15, 0.2) is 0 Å². The molecule has 0 aliphatic carbocycles. The molecule has 0 fully saturated rings. The number of rotatable bonds is 6. The minimum atomic E-state index is -1.18. The van der Waals surface area contributed by atoms with Gasteiger partial charge in [-0.3, -0.25) is 9.36 Å². The Hall–Kier alpha value is -2.35. The van der Waals surface area contributed by atoms with Crippen molar-refractivity contribution in [3.63, 3.8) is 0 Å². The average Bonchev–Trinajstić information content (AvgIpc) is 3.07. The van der Waals surface area contributed by atoms with Crippen LogP contribution in [0.15, 0.2) is 24.8 Å². The third kappa shape index (κ3) is 4.08. The molecule has 2 rings (SSSR count). The number of carbonyl (C=O) groups excluding carboxylic acids is 1. The number of aryl methyl sites for hydroxylation is 2. The Labute approximate surface area is 129 Å². The Morgan fingerprint density at radius 2 is 2.14 bits per heavy atom. The van der Waals surface area contributed by atoms with E-state index in [0.29, 0.717) is 11.3 Å². The maximum atomic E-state index is 11.9. The maximum absolute atomic E-state index is 11.9. The van der Waals surface area contributed by atoms with Crippen molar-refractivity contribution < 1.29 is 9.90 Å². The number of hydrogen-bond acceptors (Lipinski definition) is 4. The summed E-state index contributed by atoms with van der Waals surface area (Å²) in [5.41, 5.74) is 0.0795. The Kier molecular flexibility index (Phi) is 4.81. The van der Waals surface area contributed by atoms with Gasteiger partial charge in [-0.15, -0.1) is 0 Å². The zero-order valence-electron chi connectivity index (χ0n) is 13.1. The lowest BCUT2D eigenvalue weighted by molar-refractivity contribution is 0.0599. The topological polar surface area (TPSA) is 97.0 Å². The van der Waals surface area contributed by atoms with Crippen molar-refractivity contribution in [2.75, 3.05) is 11.9 Å². The summed E-state index contributed by atoms with van der Waals surface area (Å²) < 4.78 is 3.37. The van der Waals surface area contributed by atoms with Crippen molar-refractivity contribution in [2.24, 2.45) is 7.05 Å². The van der Waals surface area contributed by atoms with E-state index in [2.05, 4.69) is 27.8 Å². The van der Waals surface area contributed by atoms with Crippen LogP contribution in [-0.2, 0) is 19.2 Å². The molecule has 0 radical (unpaired) electrons. The van der Waals surface area contributed by atoms with Gasteiger partial charge in [-0.2, -0.15) is 10.2 Å². The third-order valence-corrected chi connectivity index (χ3v) is 3.26. The van der Waals surface area contributed by atoms with Crippen molar-refractivity contribution in [3.8, 4) is 0 Å². The first-order valence-electron chi connectivity index (χ1n) is 7.19. The van der Waals surface area contributed by atoms with E-state index in [4.69, 9.17) is 0 Å². The highest BCUT2D eigenvalue weighted by atomic mass is 16.3. The predicted octanol–water partition coefficient (Wildman–Crippen LogP) is 1.06. The predicted molar refractivity (Wildman–Crippen MR) is 82.3 cm³/mol. The Bertz CT molecular complexity index is 631. The number of carbonyl (C=O) groups is 1. The fraction of sp³-hybridized carbons (Fsp3) is 0.500. The first-order chi connectivity index (χ1) is 10.4. The second kappa shape index (κ2) is 6.61. The zero-order valence-corrected chi connectivity index (χ0v) is 13.1. The molecule has 0 saturated carbocycles. The number of hydrogen-bond donors (Lipinski definition) is 3. The summed E-state index contributed by atoms with van der Waals surface area (Å²) in [7, 11) is 1.77. The van der Waals surface area contributed by atoms with E-state index in [1.165, 1.54) is 0 Å². The Balaban J connectivity index is 1.86. The van der Waals surface area contributed by atoms with Gasteiger partial charge in [0, 0.05) is 31.5 Å². The average molecular weight is 306 g/mol. The molecular formula is C14H22N6O2. The lowest BCUT2D eigenvalue weighted by Gasteiger charge is -2.22. The van der Waals surface area contributed by atoms with Gasteiger partial charge in [0.05, 0.1) is 24.6 Å². The van der Waals surface area contributed by atoms with Crippen LogP contribution in [-0.4, -0.2) is 37.2 Å². The van der Waals surface area contributed by atoms with Crippen molar-refractivity contribution in [3.05, 3.63) is 30.4 Å². The molecule has 0 aliphatic heterocycles. The number of aromatic nitrogens is 4. The third-order valence-electron chi connectivity index (χ3n) is 3.26. The lowest BCUT2D eigenvalue weighted by atomic mass is 10.00. The van der Waals surface area contributed by atoms with E-state index in [1.54, 1.807) is 48.1 Å². The summed E-state index contributed by atoms with van der Waals surface area (Å²) in [5.74, 6) is 0. The van der Waals surface area contributed by atoms with Crippen LogP contribution in [0.2, 0.25) is 0 Å². The summed E-state index contributed by atoms with van der Waals surface area (Å²) in [6.07, 6.45) is 7.63.